The number of para-hydroxylation sites is 2. The predicted octanol–water partition coefficient (Wildman–Crippen LogP) is 1.17. The fourth-order valence-corrected chi connectivity index (χ4v) is 1.60. The van der Waals surface area contributed by atoms with Gasteiger partial charge in [-0.15, -0.1) is 0 Å². The molecular weight excluding hydrogens is 248 g/mol. The van der Waals surface area contributed by atoms with E-state index in [4.69, 9.17) is 9.47 Å². The molecule has 0 spiro atoms. The summed E-state index contributed by atoms with van der Waals surface area (Å²) in [5.74, 6) is 0.585. The Morgan fingerprint density at radius 1 is 1.42 bits per heavy atom. The Morgan fingerprint density at radius 2 is 2.11 bits per heavy atom. The van der Waals surface area contributed by atoms with Gasteiger partial charge in [0.1, 0.15) is 5.75 Å². The molecule has 0 aliphatic carbocycles. The number of rotatable bonds is 6. The van der Waals surface area contributed by atoms with Crippen molar-refractivity contribution in [2.24, 2.45) is 0 Å². The molecule has 0 aliphatic heterocycles. The number of anilines is 1. The largest absolute Gasteiger partial charge is 0.495 e. The van der Waals surface area contributed by atoms with Crippen molar-refractivity contribution in [2.45, 2.75) is 6.10 Å². The molecule has 1 rings (SSSR count). The first-order valence-corrected chi connectivity index (χ1v) is 5.90. The van der Waals surface area contributed by atoms with Crippen molar-refractivity contribution in [1.82, 2.24) is 4.90 Å². The highest BCUT2D eigenvalue weighted by atomic mass is 16.5. The smallest absolute Gasteiger partial charge is 0.321 e. The lowest BCUT2D eigenvalue weighted by Gasteiger charge is -2.21. The summed E-state index contributed by atoms with van der Waals surface area (Å²) in [6, 6.07) is 6.81. The maximum absolute atomic E-state index is 11.9. The van der Waals surface area contributed by atoms with Crippen molar-refractivity contribution in [1.29, 1.82) is 0 Å². The first-order valence-electron chi connectivity index (χ1n) is 5.90. The second-order valence-electron chi connectivity index (χ2n) is 4.12. The topological polar surface area (TPSA) is 71.0 Å². The van der Waals surface area contributed by atoms with Crippen molar-refractivity contribution in [3.63, 3.8) is 0 Å². The summed E-state index contributed by atoms with van der Waals surface area (Å²) in [6.45, 7) is 0.376. The van der Waals surface area contributed by atoms with Gasteiger partial charge in [0.05, 0.1) is 32.1 Å². The number of likely N-dealkylation sites (N-methyl/N-ethyl adjacent to an activating group) is 1. The van der Waals surface area contributed by atoms with Crippen LogP contribution in [0.15, 0.2) is 24.3 Å². The van der Waals surface area contributed by atoms with Crippen molar-refractivity contribution in [3.8, 4) is 5.75 Å². The molecule has 2 amide bonds. The number of methoxy groups -OCH3 is 2. The third-order valence-electron chi connectivity index (χ3n) is 2.54. The van der Waals surface area contributed by atoms with E-state index in [1.165, 1.54) is 19.1 Å². The van der Waals surface area contributed by atoms with Gasteiger partial charge in [0.15, 0.2) is 0 Å². The third kappa shape index (κ3) is 4.76. The summed E-state index contributed by atoms with van der Waals surface area (Å²) in [5.41, 5.74) is 0.586. The number of hydrogen-bond acceptors (Lipinski definition) is 4. The molecule has 0 aromatic heterocycles. The Hall–Kier alpha value is -1.79. The lowest BCUT2D eigenvalue weighted by Crippen LogP contribution is -2.38. The summed E-state index contributed by atoms with van der Waals surface area (Å²) in [5, 5.41) is 12.3. The van der Waals surface area contributed by atoms with Gasteiger partial charge in [0.25, 0.3) is 0 Å². The first kappa shape index (κ1) is 15.3. The van der Waals surface area contributed by atoms with Crippen LogP contribution in [0.25, 0.3) is 0 Å². The number of hydrogen-bond donors (Lipinski definition) is 2. The Balaban J connectivity index is 2.58. The number of aliphatic hydroxyl groups excluding tert-OH is 1. The molecule has 1 aromatic carbocycles. The van der Waals surface area contributed by atoms with Crippen LogP contribution in [0.4, 0.5) is 10.5 Å². The van der Waals surface area contributed by atoms with E-state index in [1.54, 1.807) is 25.2 Å². The van der Waals surface area contributed by atoms with Crippen LogP contribution in [0.3, 0.4) is 0 Å². The van der Waals surface area contributed by atoms with E-state index >= 15 is 0 Å². The van der Waals surface area contributed by atoms with Gasteiger partial charge in [-0.1, -0.05) is 12.1 Å². The Kier molecular flexibility index (Phi) is 6.11. The molecule has 0 saturated heterocycles. The van der Waals surface area contributed by atoms with E-state index in [1.807, 2.05) is 6.07 Å². The molecule has 0 aliphatic rings. The standard InChI is InChI=1S/C13H20N2O4/c1-15(8-10(16)9-18-2)13(17)14-11-6-4-5-7-12(11)19-3/h4-7,10,16H,8-9H2,1-3H3,(H,14,17). The van der Waals surface area contributed by atoms with Crippen LogP contribution in [0.5, 0.6) is 5.75 Å². The van der Waals surface area contributed by atoms with E-state index < -0.39 is 6.10 Å². The molecule has 1 aromatic rings. The number of carbonyl (C=O) groups excluding carboxylic acids is 1. The highest BCUT2D eigenvalue weighted by Gasteiger charge is 2.14. The van der Waals surface area contributed by atoms with Gasteiger partial charge >= 0.3 is 6.03 Å². The minimum atomic E-state index is -0.710. The molecule has 1 atom stereocenters. The van der Waals surface area contributed by atoms with Crippen molar-refractivity contribution in [3.05, 3.63) is 24.3 Å². The molecule has 0 heterocycles. The maximum Gasteiger partial charge on any atom is 0.321 e. The fourth-order valence-electron chi connectivity index (χ4n) is 1.60. The molecule has 0 bridgehead atoms. The number of amides is 2. The molecule has 0 radical (unpaired) electrons. The zero-order valence-corrected chi connectivity index (χ0v) is 11.4. The molecule has 1 unspecified atom stereocenters. The van der Waals surface area contributed by atoms with E-state index in [0.717, 1.165) is 0 Å². The van der Waals surface area contributed by atoms with Crippen LogP contribution in [0, 0.1) is 0 Å². The SMILES string of the molecule is COCC(O)CN(C)C(=O)Nc1ccccc1OC. The monoisotopic (exact) mass is 268 g/mol. The number of benzene rings is 1. The first-order chi connectivity index (χ1) is 9.08. The minimum Gasteiger partial charge on any atom is -0.495 e. The third-order valence-corrected chi connectivity index (χ3v) is 2.54. The quantitative estimate of drug-likeness (QED) is 0.812. The van der Waals surface area contributed by atoms with Crippen LogP contribution in [0.2, 0.25) is 0 Å². The van der Waals surface area contributed by atoms with Gasteiger partial charge < -0.3 is 24.8 Å². The van der Waals surface area contributed by atoms with Crippen LogP contribution >= 0.6 is 0 Å². The average molecular weight is 268 g/mol. The molecule has 19 heavy (non-hydrogen) atoms. The number of aliphatic hydroxyl groups is 1. The number of ether oxygens (including phenoxy) is 2. The van der Waals surface area contributed by atoms with Crippen LogP contribution in [-0.2, 0) is 4.74 Å². The molecule has 2 N–H and O–H groups in total. The Morgan fingerprint density at radius 3 is 2.74 bits per heavy atom. The van der Waals surface area contributed by atoms with Gasteiger partial charge in [0.2, 0.25) is 0 Å². The van der Waals surface area contributed by atoms with Gasteiger partial charge in [-0.3, -0.25) is 0 Å². The van der Waals surface area contributed by atoms with Crippen LogP contribution in [0.1, 0.15) is 0 Å². The second-order valence-corrected chi connectivity index (χ2v) is 4.12. The normalized spacial score (nSPS) is 11.8. The lowest BCUT2D eigenvalue weighted by atomic mass is 10.3. The van der Waals surface area contributed by atoms with Gasteiger partial charge in [-0.05, 0) is 12.1 Å². The van der Waals surface area contributed by atoms with E-state index in [9.17, 15) is 9.90 Å². The molecule has 6 heteroatoms. The molecule has 0 fully saturated rings. The lowest BCUT2D eigenvalue weighted by molar-refractivity contribution is 0.0501. The van der Waals surface area contributed by atoms with Gasteiger partial charge in [-0.25, -0.2) is 4.79 Å². The summed E-state index contributed by atoms with van der Waals surface area (Å²) >= 11 is 0. The summed E-state index contributed by atoms with van der Waals surface area (Å²) < 4.78 is 9.95. The number of nitrogens with one attached hydrogen (secondary N) is 1. The molecule has 106 valence electrons. The molecule has 6 nitrogen and oxygen atoms in total. The summed E-state index contributed by atoms with van der Waals surface area (Å²) in [7, 11) is 4.64. The number of nitrogens with zero attached hydrogens (tertiary/aromatic N) is 1. The summed E-state index contributed by atoms with van der Waals surface area (Å²) in [6.07, 6.45) is -0.710. The van der Waals surface area contributed by atoms with E-state index in [2.05, 4.69) is 5.32 Å². The Labute approximate surface area is 112 Å². The molecular formula is C13H20N2O4. The zero-order valence-electron chi connectivity index (χ0n) is 11.4. The highest BCUT2D eigenvalue weighted by Crippen LogP contribution is 2.23. The second kappa shape index (κ2) is 7.60. The van der Waals surface area contributed by atoms with E-state index in [0.29, 0.717) is 11.4 Å². The fraction of sp³-hybridized carbons (Fsp3) is 0.462. The van der Waals surface area contributed by atoms with Crippen molar-refractivity contribution < 1.29 is 19.4 Å². The van der Waals surface area contributed by atoms with Crippen molar-refractivity contribution >= 4 is 11.7 Å². The van der Waals surface area contributed by atoms with Crippen LogP contribution < -0.4 is 10.1 Å². The number of carbonyl (C=O) groups is 1. The summed E-state index contributed by atoms with van der Waals surface area (Å²) in [4.78, 5) is 13.3. The number of urea groups is 1. The van der Waals surface area contributed by atoms with Crippen LogP contribution in [-0.4, -0.2) is 56.6 Å². The predicted molar refractivity (Wildman–Crippen MR) is 72.5 cm³/mol. The Bertz CT molecular complexity index is 411. The molecule has 0 saturated carbocycles. The highest BCUT2D eigenvalue weighted by molar-refractivity contribution is 5.90. The zero-order chi connectivity index (χ0) is 14.3. The maximum atomic E-state index is 11.9. The van der Waals surface area contributed by atoms with Gasteiger partial charge in [-0.2, -0.15) is 0 Å². The van der Waals surface area contributed by atoms with Crippen molar-refractivity contribution in [2.75, 3.05) is 39.7 Å². The average Bonchev–Trinajstić information content (AvgIpc) is 2.39. The minimum absolute atomic E-state index is 0.187. The van der Waals surface area contributed by atoms with E-state index in [-0.39, 0.29) is 19.2 Å². The van der Waals surface area contributed by atoms with Gasteiger partial charge in [0, 0.05) is 14.2 Å².